The Kier molecular flexibility index (Phi) is 1.96. The quantitative estimate of drug-likeness (QED) is 0.579. The Labute approximate surface area is 81.0 Å². The van der Waals surface area contributed by atoms with Gasteiger partial charge >= 0.3 is 0 Å². The first-order valence-corrected chi connectivity index (χ1v) is 4.05. The fourth-order valence-electron chi connectivity index (χ4n) is 1.19. The molecule has 0 aliphatic heterocycles. The molecular weight excluding hydrogens is 187 g/mol. The van der Waals surface area contributed by atoms with Crippen molar-refractivity contribution in [3.63, 3.8) is 0 Å². The zero-order valence-electron chi connectivity index (χ0n) is 6.59. The molecule has 62 valence electrons. The van der Waals surface area contributed by atoms with Gasteiger partial charge in [-0.3, -0.25) is 4.98 Å². The third-order valence-corrected chi connectivity index (χ3v) is 1.94. The molecule has 0 aliphatic rings. The average Bonchev–Trinajstić information content (AvgIpc) is 2.02. The van der Waals surface area contributed by atoms with Crippen molar-refractivity contribution in [2.75, 3.05) is 0 Å². The van der Waals surface area contributed by atoms with E-state index in [2.05, 4.69) is 4.98 Å². The Morgan fingerprint density at radius 1 is 1.31 bits per heavy atom. The van der Waals surface area contributed by atoms with Crippen molar-refractivity contribution in [2.24, 2.45) is 0 Å². The molecule has 1 heterocycles. The van der Waals surface area contributed by atoms with Gasteiger partial charge in [0.15, 0.2) is 5.82 Å². The summed E-state index contributed by atoms with van der Waals surface area (Å²) in [7, 11) is 5.50. The van der Waals surface area contributed by atoms with E-state index >= 15 is 0 Å². The summed E-state index contributed by atoms with van der Waals surface area (Å²) in [5, 5.41) is 0.961. The zero-order chi connectivity index (χ0) is 9.42. The molecule has 0 fully saturated rings. The molecule has 4 heteroatoms. The summed E-state index contributed by atoms with van der Waals surface area (Å²) in [6, 6.07) is 4.49. The van der Waals surface area contributed by atoms with E-state index in [4.69, 9.17) is 19.4 Å². The normalized spacial score (nSPS) is 10.6. The van der Waals surface area contributed by atoms with E-state index in [0.717, 1.165) is 0 Å². The summed E-state index contributed by atoms with van der Waals surface area (Å²) in [4.78, 5) is 3.86. The molecule has 2 rings (SSSR count). The third kappa shape index (κ3) is 1.52. The van der Waals surface area contributed by atoms with Crippen LogP contribution in [0, 0.1) is 5.82 Å². The molecule has 0 spiro atoms. The molecule has 0 atom stereocenters. The molecule has 0 amide bonds. The molecular formula is C9H4BClFN. The smallest absolute Gasteiger partial charge is 0.150 e. The average molecular weight is 191 g/mol. The predicted octanol–water partition coefficient (Wildman–Crippen LogP) is 1.82. The molecule has 1 nitrogen and oxygen atoms in total. The number of rotatable bonds is 0. The molecule has 0 saturated carbocycles. The van der Waals surface area contributed by atoms with Crippen LogP contribution in [0.5, 0.6) is 0 Å². The van der Waals surface area contributed by atoms with E-state index in [0.29, 0.717) is 21.4 Å². The fraction of sp³-hybridized carbons (Fsp3) is 0. The second kappa shape index (κ2) is 3.00. The van der Waals surface area contributed by atoms with Gasteiger partial charge in [0.25, 0.3) is 0 Å². The lowest BCUT2D eigenvalue weighted by atomic mass is 9.97. The van der Waals surface area contributed by atoms with Gasteiger partial charge < -0.3 is 0 Å². The summed E-state index contributed by atoms with van der Waals surface area (Å²) in [5.74, 6) is -0.428. The van der Waals surface area contributed by atoms with Gasteiger partial charge in [-0.15, -0.1) is 0 Å². The van der Waals surface area contributed by atoms with Gasteiger partial charge in [0.2, 0.25) is 0 Å². The van der Waals surface area contributed by atoms with Crippen molar-refractivity contribution in [1.29, 1.82) is 0 Å². The summed E-state index contributed by atoms with van der Waals surface area (Å²) in [6.45, 7) is 0. The van der Waals surface area contributed by atoms with Crippen molar-refractivity contribution in [2.45, 2.75) is 0 Å². The van der Waals surface area contributed by atoms with Gasteiger partial charge in [-0.2, -0.15) is 0 Å². The molecule has 0 bridgehead atoms. The Hall–Kier alpha value is -1.09. The Morgan fingerprint density at radius 3 is 2.85 bits per heavy atom. The van der Waals surface area contributed by atoms with Crippen molar-refractivity contribution in [3.8, 4) is 0 Å². The molecule has 2 aromatic rings. The SMILES string of the molecule is [B]c1cnc2c(F)cc(Cl)cc2c1. The van der Waals surface area contributed by atoms with Crippen LogP contribution in [0.1, 0.15) is 0 Å². The number of benzene rings is 1. The first kappa shape index (κ1) is 8.51. The lowest BCUT2D eigenvalue weighted by Crippen LogP contribution is -2.02. The highest BCUT2D eigenvalue weighted by molar-refractivity contribution is 6.33. The maximum absolute atomic E-state index is 13.2. The highest BCUT2D eigenvalue weighted by atomic mass is 35.5. The van der Waals surface area contributed by atoms with Crippen LogP contribution in [0.3, 0.4) is 0 Å². The number of aromatic nitrogens is 1. The van der Waals surface area contributed by atoms with Crippen LogP contribution in [0.4, 0.5) is 4.39 Å². The number of hydrogen-bond acceptors (Lipinski definition) is 1. The lowest BCUT2D eigenvalue weighted by Gasteiger charge is -2.00. The zero-order valence-corrected chi connectivity index (χ0v) is 7.35. The maximum Gasteiger partial charge on any atom is 0.150 e. The van der Waals surface area contributed by atoms with Crippen LogP contribution in [-0.4, -0.2) is 12.8 Å². The third-order valence-electron chi connectivity index (χ3n) is 1.72. The van der Waals surface area contributed by atoms with Gasteiger partial charge in [-0.1, -0.05) is 23.1 Å². The minimum absolute atomic E-state index is 0.290. The van der Waals surface area contributed by atoms with Gasteiger partial charge in [0.05, 0.1) is 0 Å². The number of pyridine rings is 1. The Bertz CT molecular complexity index is 467. The van der Waals surface area contributed by atoms with E-state index in [9.17, 15) is 4.39 Å². The van der Waals surface area contributed by atoms with E-state index < -0.39 is 5.82 Å². The largest absolute Gasteiger partial charge is 0.254 e. The van der Waals surface area contributed by atoms with Crippen LogP contribution < -0.4 is 5.46 Å². The Morgan fingerprint density at radius 2 is 2.08 bits per heavy atom. The topological polar surface area (TPSA) is 12.9 Å². The molecule has 0 N–H and O–H groups in total. The first-order valence-electron chi connectivity index (χ1n) is 3.67. The molecule has 1 aromatic carbocycles. The number of hydrogen-bond donors (Lipinski definition) is 0. The summed E-state index contributed by atoms with van der Waals surface area (Å²) in [5.41, 5.74) is 0.785. The first-order chi connectivity index (χ1) is 6.16. The van der Waals surface area contributed by atoms with Crippen LogP contribution in [-0.2, 0) is 0 Å². The minimum atomic E-state index is -0.428. The van der Waals surface area contributed by atoms with Crippen LogP contribution >= 0.6 is 11.6 Å². The fourth-order valence-corrected chi connectivity index (χ4v) is 1.40. The summed E-state index contributed by atoms with van der Waals surface area (Å²) < 4.78 is 13.2. The summed E-state index contributed by atoms with van der Waals surface area (Å²) >= 11 is 5.67. The number of halogens is 2. The van der Waals surface area contributed by atoms with E-state index in [1.54, 1.807) is 12.1 Å². The monoisotopic (exact) mass is 191 g/mol. The number of fused-ring (bicyclic) bond motifs is 1. The molecule has 2 radical (unpaired) electrons. The highest BCUT2D eigenvalue weighted by Crippen LogP contribution is 2.19. The molecule has 0 aliphatic carbocycles. The second-order valence-electron chi connectivity index (χ2n) is 2.73. The number of nitrogens with zero attached hydrogens (tertiary/aromatic N) is 1. The lowest BCUT2D eigenvalue weighted by molar-refractivity contribution is 0.637. The van der Waals surface area contributed by atoms with Crippen LogP contribution in [0.15, 0.2) is 24.4 Å². The van der Waals surface area contributed by atoms with Crippen LogP contribution in [0.2, 0.25) is 5.02 Å². The standard InChI is InChI=1S/C9H4BClFN/c10-6-1-5-2-7(11)3-8(12)9(5)13-4-6/h1-4H. The van der Waals surface area contributed by atoms with E-state index in [1.807, 2.05) is 0 Å². The van der Waals surface area contributed by atoms with Gasteiger partial charge in [-0.25, -0.2) is 4.39 Å². The van der Waals surface area contributed by atoms with Crippen molar-refractivity contribution < 1.29 is 4.39 Å². The van der Waals surface area contributed by atoms with Crippen LogP contribution in [0.25, 0.3) is 10.9 Å². The van der Waals surface area contributed by atoms with E-state index in [1.165, 1.54) is 12.3 Å². The van der Waals surface area contributed by atoms with Crippen molar-refractivity contribution in [3.05, 3.63) is 35.2 Å². The molecule has 0 saturated heterocycles. The molecule has 13 heavy (non-hydrogen) atoms. The van der Waals surface area contributed by atoms with E-state index in [-0.39, 0.29) is 0 Å². The minimum Gasteiger partial charge on any atom is -0.254 e. The second-order valence-corrected chi connectivity index (χ2v) is 3.16. The molecule has 1 aromatic heterocycles. The predicted molar refractivity (Wildman–Crippen MR) is 52.1 cm³/mol. The van der Waals surface area contributed by atoms with Crippen molar-refractivity contribution in [1.82, 2.24) is 4.98 Å². The highest BCUT2D eigenvalue weighted by Gasteiger charge is 2.03. The molecule has 0 unspecified atom stereocenters. The van der Waals surface area contributed by atoms with Gasteiger partial charge in [0.1, 0.15) is 13.4 Å². The Balaban J connectivity index is 2.86. The van der Waals surface area contributed by atoms with Crippen molar-refractivity contribution >= 4 is 35.8 Å². The maximum atomic E-state index is 13.2. The van der Waals surface area contributed by atoms with Gasteiger partial charge in [0, 0.05) is 16.6 Å². The summed E-state index contributed by atoms with van der Waals surface area (Å²) in [6.07, 6.45) is 1.42. The van der Waals surface area contributed by atoms with Gasteiger partial charge in [-0.05, 0) is 12.1 Å².